The Morgan fingerprint density at radius 3 is 2.46 bits per heavy atom. The Morgan fingerprint density at radius 2 is 2.15 bits per heavy atom. The normalized spacial score (nSPS) is 12.6. The number of rotatable bonds is 5. The van der Waals surface area contributed by atoms with Crippen LogP contribution in [0.15, 0.2) is 0 Å². The van der Waals surface area contributed by atoms with Crippen LogP contribution in [0, 0.1) is 0 Å². The molecule has 0 radical (unpaired) electrons. The fraction of sp³-hybridized carbons (Fsp3) is 0.667. The van der Waals surface area contributed by atoms with Crippen molar-refractivity contribution in [2.75, 3.05) is 19.5 Å². The Balaban J connectivity index is 4.13. The monoisotopic (exact) mass is 211 g/mol. The molecule has 0 heterocycles. The maximum absolute atomic E-state index is 10.6. The summed E-state index contributed by atoms with van der Waals surface area (Å²) < 4.78 is 0. The molecule has 0 aliphatic carbocycles. The van der Waals surface area contributed by atoms with Crippen molar-refractivity contribution < 1.29 is 24.6 Å². The zero-order chi connectivity index (χ0) is 10.4. The number of carboxylic acid groups (broad SMARTS) is 1. The van der Waals surface area contributed by atoms with Gasteiger partial charge in [-0.2, -0.15) is 0 Å². The SMILES string of the molecule is CN(OC(=O)CCl)[C@@H](CO)C(=O)O. The second-order valence-corrected chi connectivity index (χ2v) is 2.45. The Kier molecular flexibility index (Phi) is 5.36. The van der Waals surface area contributed by atoms with Crippen LogP contribution in [0.2, 0.25) is 0 Å². The standard InChI is InChI=1S/C6H10ClNO5/c1-8(13-5(10)2-7)4(3-9)6(11)12/h4,9H,2-3H2,1H3,(H,11,12)/t4-/m0/s1. The third-order valence-corrected chi connectivity index (χ3v) is 1.47. The van der Waals surface area contributed by atoms with Gasteiger partial charge < -0.3 is 15.1 Å². The van der Waals surface area contributed by atoms with Gasteiger partial charge in [-0.1, -0.05) is 0 Å². The zero-order valence-electron chi connectivity index (χ0n) is 6.94. The van der Waals surface area contributed by atoms with Crippen LogP contribution in [-0.2, 0) is 14.4 Å². The molecule has 0 aliphatic rings. The highest BCUT2D eigenvalue weighted by Gasteiger charge is 2.24. The van der Waals surface area contributed by atoms with Crippen LogP contribution < -0.4 is 0 Å². The molecule has 0 aromatic heterocycles. The van der Waals surface area contributed by atoms with E-state index in [1.165, 1.54) is 7.05 Å². The highest BCUT2D eigenvalue weighted by molar-refractivity contribution is 6.26. The smallest absolute Gasteiger partial charge is 0.339 e. The summed E-state index contributed by atoms with van der Waals surface area (Å²) in [6, 6.07) is -1.27. The molecule has 13 heavy (non-hydrogen) atoms. The topological polar surface area (TPSA) is 87.1 Å². The Morgan fingerprint density at radius 1 is 1.62 bits per heavy atom. The molecule has 2 N–H and O–H groups in total. The van der Waals surface area contributed by atoms with Crippen molar-refractivity contribution >= 4 is 23.5 Å². The van der Waals surface area contributed by atoms with E-state index in [0.29, 0.717) is 0 Å². The Hall–Kier alpha value is -0.850. The van der Waals surface area contributed by atoms with E-state index in [0.717, 1.165) is 5.06 Å². The molecule has 0 aromatic rings. The first-order chi connectivity index (χ1) is 6.02. The van der Waals surface area contributed by atoms with E-state index in [2.05, 4.69) is 4.84 Å². The van der Waals surface area contributed by atoms with E-state index in [-0.39, 0.29) is 5.88 Å². The summed E-state index contributed by atoms with van der Waals surface area (Å²) in [5, 5.41) is 17.9. The number of carbonyl (C=O) groups is 2. The largest absolute Gasteiger partial charge is 0.480 e. The van der Waals surface area contributed by atoms with Gasteiger partial charge in [-0.25, -0.2) is 4.79 Å². The average Bonchev–Trinajstić information content (AvgIpc) is 2.04. The predicted octanol–water partition coefficient (Wildman–Crippen LogP) is -0.939. The van der Waals surface area contributed by atoms with Gasteiger partial charge in [0.15, 0.2) is 6.04 Å². The molecule has 0 aromatic carbocycles. The first-order valence-electron chi connectivity index (χ1n) is 3.36. The lowest BCUT2D eigenvalue weighted by Gasteiger charge is -2.20. The van der Waals surface area contributed by atoms with Crippen molar-refractivity contribution in [1.82, 2.24) is 5.06 Å². The minimum Gasteiger partial charge on any atom is -0.480 e. The molecule has 0 amide bonds. The molecule has 0 spiro atoms. The van der Waals surface area contributed by atoms with Crippen LogP contribution >= 0.6 is 11.6 Å². The number of nitrogens with zero attached hydrogens (tertiary/aromatic N) is 1. The van der Waals surface area contributed by atoms with Gasteiger partial charge in [0.2, 0.25) is 0 Å². The number of halogens is 1. The number of aliphatic carboxylic acids is 1. The lowest BCUT2D eigenvalue weighted by molar-refractivity contribution is -0.199. The molecule has 76 valence electrons. The lowest BCUT2D eigenvalue weighted by atomic mass is 10.3. The second kappa shape index (κ2) is 5.74. The van der Waals surface area contributed by atoms with Crippen LogP contribution in [0.25, 0.3) is 0 Å². The molecule has 0 aliphatic heterocycles. The maximum Gasteiger partial charge on any atom is 0.339 e. The van der Waals surface area contributed by atoms with Crippen molar-refractivity contribution in [3.8, 4) is 0 Å². The first kappa shape index (κ1) is 12.2. The number of hydrogen-bond donors (Lipinski definition) is 2. The summed E-state index contributed by atoms with van der Waals surface area (Å²) in [6.45, 7) is -0.651. The lowest BCUT2D eigenvalue weighted by Crippen LogP contribution is -2.42. The number of alkyl halides is 1. The number of aliphatic hydroxyl groups excluding tert-OH is 1. The third-order valence-electron chi connectivity index (χ3n) is 1.25. The van der Waals surface area contributed by atoms with Crippen LogP contribution in [0.5, 0.6) is 0 Å². The summed E-state index contributed by atoms with van der Waals surface area (Å²) in [5.41, 5.74) is 0. The molecule has 7 heteroatoms. The zero-order valence-corrected chi connectivity index (χ0v) is 7.69. The molecule has 0 saturated heterocycles. The van der Waals surface area contributed by atoms with Gasteiger partial charge in [-0.3, -0.25) is 4.79 Å². The molecular weight excluding hydrogens is 202 g/mol. The number of carboxylic acids is 1. The summed E-state index contributed by atoms with van der Waals surface area (Å²) >= 11 is 5.11. The van der Waals surface area contributed by atoms with Crippen LogP contribution in [0.3, 0.4) is 0 Å². The second-order valence-electron chi connectivity index (χ2n) is 2.18. The van der Waals surface area contributed by atoms with E-state index in [1.54, 1.807) is 0 Å². The highest BCUT2D eigenvalue weighted by atomic mass is 35.5. The fourth-order valence-corrected chi connectivity index (χ4v) is 0.646. The molecule has 6 nitrogen and oxygen atoms in total. The van der Waals surface area contributed by atoms with Crippen molar-refractivity contribution in [1.29, 1.82) is 0 Å². The van der Waals surface area contributed by atoms with Crippen molar-refractivity contribution in [3.63, 3.8) is 0 Å². The van der Waals surface area contributed by atoms with E-state index in [1.807, 2.05) is 0 Å². The van der Waals surface area contributed by atoms with E-state index >= 15 is 0 Å². The summed E-state index contributed by atoms with van der Waals surface area (Å²) in [4.78, 5) is 25.4. The number of carbonyl (C=O) groups excluding carboxylic acids is 1. The Bertz CT molecular complexity index is 197. The van der Waals surface area contributed by atoms with Gasteiger partial charge in [0.25, 0.3) is 0 Å². The Labute approximate surface area is 79.6 Å². The van der Waals surface area contributed by atoms with Gasteiger partial charge in [-0.15, -0.1) is 16.7 Å². The molecular formula is C6H10ClNO5. The highest BCUT2D eigenvalue weighted by Crippen LogP contribution is 1.98. The van der Waals surface area contributed by atoms with Gasteiger partial charge >= 0.3 is 11.9 Å². The number of hydroxylamine groups is 2. The van der Waals surface area contributed by atoms with Crippen LogP contribution in [0.1, 0.15) is 0 Å². The predicted molar refractivity (Wildman–Crippen MR) is 43.1 cm³/mol. The number of aliphatic hydroxyl groups is 1. The third kappa shape index (κ3) is 4.07. The molecule has 0 bridgehead atoms. The molecule has 1 atom stereocenters. The van der Waals surface area contributed by atoms with Crippen molar-refractivity contribution in [3.05, 3.63) is 0 Å². The van der Waals surface area contributed by atoms with E-state index in [9.17, 15) is 9.59 Å². The molecule has 0 rings (SSSR count). The van der Waals surface area contributed by atoms with Crippen LogP contribution in [-0.4, -0.2) is 52.8 Å². The summed E-state index contributed by atoms with van der Waals surface area (Å²) in [5.74, 6) is -2.43. The number of likely N-dealkylation sites (N-methyl/N-ethyl adjacent to an activating group) is 1. The van der Waals surface area contributed by atoms with Gasteiger partial charge in [0.05, 0.1) is 6.61 Å². The minimum absolute atomic E-state index is 0.373. The van der Waals surface area contributed by atoms with E-state index < -0.39 is 24.6 Å². The first-order valence-corrected chi connectivity index (χ1v) is 3.89. The average molecular weight is 212 g/mol. The molecule has 0 saturated carbocycles. The summed E-state index contributed by atoms with van der Waals surface area (Å²) in [6.07, 6.45) is 0. The van der Waals surface area contributed by atoms with Gasteiger partial charge in [0.1, 0.15) is 5.88 Å². The quantitative estimate of drug-likeness (QED) is 0.451. The van der Waals surface area contributed by atoms with E-state index in [4.69, 9.17) is 21.8 Å². The van der Waals surface area contributed by atoms with Gasteiger partial charge in [0, 0.05) is 7.05 Å². The maximum atomic E-state index is 10.6. The fourth-order valence-electron chi connectivity index (χ4n) is 0.597. The van der Waals surface area contributed by atoms with Crippen molar-refractivity contribution in [2.45, 2.75) is 6.04 Å². The minimum atomic E-state index is -1.28. The molecule has 0 fully saturated rings. The number of hydrogen-bond acceptors (Lipinski definition) is 5. The van der Waals surface area contributed by atoms with Gasteiger partial charge in [-0.05, 0) is 0 Å². The summed E-state index contributed by atoms with van der Waals surface area (Å²) in [7, 11) is 1.22. The molecule has 0 unspecified atom stereocenters. The van der Waals surface area contributed by atoms with Crippen LogP contribution in [0.4, 0.5) is 0 Å². The van der Waals surface area contributed by atoms with Crippen molar-refractivity contribution in [2.24, 2.45) is 0 Å².